The summed E-state index contributed by atoms with van der Waals surface area (Å²) in [7, 11) is -1.64. The molecule has 1 aromatic heterocycles. The second-order valence-electron chi connectivity index (χ2n) is 7.16. The van der Waals surface area contributed by atoms with Gasteiger partial charge in [-0.2, -0.15) is 4.31 Å². The van der Waals surface area contributed by atoms with Gasteiger partial charge in [-0.25, -0.2) is 13.4 Å². The Labute approximate surface area is 160 Å². The summed E-state index contributed by atoms with van der Waals surface area (Å²) in [6, 6.07) is 5.37. The van der Waals surface area contributed by atoms with Crippen molar-refractivity contribution in [1.82, 2.24) is 19.2 Å². The number of nitrogens with one attached hydrogen (secondary N) is 1. The SMILES string of the molecule is Cc1ccc(S(=O)(=O)N2CCC(C(=O)NCc3cncn3C)CC2)c(C)c1. The fourth-order valence-electron chi connectivity index (χ4n) is 3.46. The molecule has 2 aromatic rings. The first kappa shape index (κ1) is 19.6. The van der Waals surface area contributed by atoms with E-state index in [0.29, 0.717) is 37.4 Å². The summed E-state index contributed by atoms with van der Waals surface area (Å²) in [6.45, 7) is 4.91. The maximum absolute atomic E-state index is 12.9. The summed E-state index contributed by atoms with van der Waals surface area (Å²) in [5.41, 5.74) is 2.72. The van der Waals surface area contributed by atoms with Gasteiger partial charge in [-0.3, -0.25) is 4.79 Å². The Kier molecular flexibility index (Phi) is 5.67. The van der Waals surface area contributed by atoms with Crippen LogP contribution in [0, 0.1) is 19.8 Å². The van der Waals surface area contributed by atoms with Gasteiger partial charge < -0.3 is 9.88 Å². The molecule has 1 aromatic carbocycles. The maximum Gasteiger partial charge on any atom is 0.243 e. The van der Waals surface area contributed by atoms with Crippen LogP contribution in [0.3, 0.4) is 0 Å². The first-order valence-corrected chi connectivity index (χ1v) is 10.5. The topological polar surface area (TPSA) is 84.3 Å². The molecular formula is C19H26N4O3S. The molecule has 0 saturated carbocycles. The first-order valence-electron chi connectivity index (χ1n) is 9.09. The third-order valence-electron chi connectivity index (χ3n) is 5.13. The molecule has 1 fully saturated rings. The van der Waals surface area contributed by atoms with Crippen LogP contribution < -0.4 is 5.32 Å². The van der Waals surface area contributed by atoms with E-state index in [0.717, 1.165) is 16.8 Å². The summed E-state index contributed by atoms with van der Waals surface area (Å²) in [5, 5.41) is 2.93. The van der Waals surface area contributed by atoms with Crippen molar-refractivity contribution in [2.45, 2.75) is 38.1 Å². The van der Waals surface area contributed by atoms with Crippen molar-refractivity contribution >= 4 is 15.9 Å². The highest BCUT2D eigenvalue weighted by molar-refractivity contribution is 7.89. The molecule has 0 spiro atoms. The summed E-state index contributed by atoms with van der Waals surface area (Å²) in [6.07, 6.45) is 4.47. The van der Waals surface area contributed by atoms with E-state index in [4.69, 9.17) is 0 Å². The highest BCUT2D eigenvalue weighted by atomic mass is 32.2. The summed E-state index contributed by atoms with van der Waals surface area (Å²) < 4.78 is 29.2. The van der Waals surface area contributed by atoms with Gasteiger partial charge in [0.2, 0.25) is 15.9 Å². The van der Waals surface area contributed by atoms with Gasteiger partial charge in [-0.15, -0.1) is 0 Å². The predicted octanol–water partition coefficient (Wildman–Crippen LogP) is 1.75. The number of nitrogens with zero attached hydrogens (tertiary/aromatic N) is 3. The molecule has 1 N–H and O–H groups in total. The van der Waals surface area contributed by atoms with Crippen molar-refractivity contribution in [3.8, 4) is 0 Å². The lowest BCUT2D eigenvalue weighted by molar-refractivity contribution is -0.126. The molecule has 0 aliphatic carbocycles. The smallest absolute Gasteiger partial charge is 0.243 e. The van der Waals surface area contributed by atoms with Crippen LogP contribution in [0.25, 0.3) is 0 Å². The average Bonchev–Trinajstić information content (AvgIpc) is 3.04. The lowest BCUT2D eigenvalue weighted by atomic mass is 9.97. The fourth-order valence-corrected chi connectivity index (χ4v) is 5.14. The van der Waals surface area contributed by atoms with E-state index >= 15 is 0 Å². The van der Waals surface area contributed by atoms with E-state index in [9.17, 15) is 13.2 Å². The van der Waals surface area contributed by atoms with Gasteiger partial charge in [0, 0.05) is 32.3 Å². The third kappa shape index (κ3) is 4.22. The van der Waals surface area contributed by atoms with Gasteiger partial charge in [0.25, 0.3) is 0 Å². The number of sulfonamides is 1. The number of hydrogen-bond donors (Lipinski definition) is 1. The van der Waals surface area contributed by atoms with Crippen LogP contribution in [-0.4, -0.2) is 41.3 Å². The molecule has 8 heteroatoms. The van der Waals surface area contributed by atoms with Gasteiger partial charge in [0.1, 0.15) is 0 Å². The van der Waals surface area contributed by atoms with Crippen molar-refractivity contribution in [2.24, 2.45) is 13.0 Å². The Morgan fingerprint density at radius 3 is 2.56 bits per heavy atom. The van der Waals surface area contributed by atoms with Crippen LogP contribution in [0.5, 0.6) is 0 Å². The molecule has 1 aliphatic heterocycles. The number of benzene rings is 1. The molecule has 3 rings (SSSR count). The monoisotopic (exact) mass is 390 g/mol. The lowest BCUT2D eigenvalue weighted by Gasteiger charge is -2.31. The summed E-state index contributed by atoms with van der Waals surface area (Å²) in [4.78, 5) is 16.8. The zero-order chi connectivity index (χ0) is 19.6. The van der Waals surface area contributed by atoms with E-state index in [2.05, 4.69) is 10.3 Å². The number of aromatic nitrogens is 2. The molecule has 2 heterocycles. The molecule has 1 aliphatic rings. The number of piperidine rings is 1. The quantitative estimate of drug-likeness (QED) is 0.843. The molecule has 0 atom stereocenters. The molecular weight excluding hydrogens is 364 g/mol. The van der Waals surface area contributed by atoms with E-state index in [1.807, 2.05) is 37.6 Å². The fraction of sp³-hybridized carbons (Fsp3) is 0.474. The predicted molar refractivity (Wildman–Crippen MR) is 102 cm³/mol. The molecule has 1 saturated heterocycles. The minimum atomic E-state index is -3.52. The van der Waals surface area contributed by atoms with Crippen LogP contribution in [0.2, 0.25) is 0 Å². The molecule has 7 nitrogen and oxygen atoms in total. The van der Waals surface area contributed by atoms with Crippen LogP contribution in [0.1, 0.15) is 29.7 Å². The molecule has 146 valence electrons. The van der Waals surface area contributed by atoms with E-state index in [1.54, 1.807) is 18.6 Å². The Morgan fingerprint density at radius 2 is 1.96 bits per heavy atom. The average molecular weight is 391 g/mol. The van der Waals surface area contributed by atoms with E-state index in [1.165, 1.54) is 4.31 Å². The van der Waals surface area contributed by atoms with E-state index in [-0.39, 0.29) is 11.8 Å². The number of aryl methyl sites for hydroxylation is 3. The van der Waals surface area contributed by atoms with Crippen molar-refractivity contribution in [2.75, 3.05) is 13.1 Å². The van der Waals surface area contributed by atoms with Gasteiger partial charge in [0.15, 0.2) is 0 Å². The maximum atomic E-state index is 12.9. The van der Waals surface area contributed by atoms with Crippen molar-refractivity contribution in [1.29, 1.82) is 0 Å². The molecule has 0 radical (unpaired) electrons. The van der Waals surface area contributed by atoms with Gasteiger partial charge >= 0.3 is 0 Å². The minimum absolute atomic E-state index is 0.0280. The molecule has 0 unspecified atom stereocenters. The Hall–Kier alpha value is -2.19. The first-order chi connectivity index (χ1) is 12.8. The number of hydrogen-bond acceptors (Lipinski definition) is 4. The Balaban J connectivity index is 1.59. The van der Waals surface area contributed by atoms with Gasteiger partial charge in [-0.1, -0.05) is 17.7 Å². The third-order valence-corrected chi connectivity index (χ3v) is 7.19. The van der Waals surface area contributed by atoms with Crippen molar-refractivity contribution < 1.29 is 13.2 Å². The molecule has 0 bridgehead atoms. The molecule has 27 heavy (non-hydrogen) atoms. The zero-order valence-electron chi connectivity index (χ0n) is 16.0. The lowest BCUT2D eigenvalue weighted by Crippen LogP contribution is -2.43. The minimum Gasteiger partial charge on any atom is -0.350 e. The number of carbonyl (C=O) groups is 1. The Morgan fingerprint density at radius 1 is 1.26 bits per heavy atom. The van der Waals surface area contributed by atoms with Crippen LogP contribution in [0.4, 0.5) is 0 Å². The number of imidazole rings is 1. The largest absolute Gasteiger partial charge is 0.350 e. The van der Waals surface area contributed by atoms with E-state index < -0.39 is 10.0 Å². The zero-order valence-corrected chi connectivity index (χ0v) is 16.8. The summed E-state index contributed by atoms with van der Waals surface area (Å²) >= 11 is 0. The second-order valence-corrected chi connectivity index (χ2v) is 9.07. The standard InChI is InChI=1S/C19H26N4O3S/c1-14-4-5-18(15(2)10-14)27(25,26)23-8-6-16(7-9-23)19(24)21-12-17-11-20-13-22(17)3/h4-5,10-11,13,16H,6-9,12H2,1-3H3,(H,21,24). The number of carbonyl (C=O) groups excluding carboxylic acids is 1. The molecule has 1 amide bonds. The number of rotatable bonds is 5. The highest BCUT2D eigenvalue weighted by Gasteiger charge is 2.32. The van der Waals surface area contributed by atoms with Crippen molar-refractivity contribution in [3.63, 3.8) is 0 Å². The highest BCUT2D eigenvalue weighted by Crippen LogP contribution is 2.26. The normalized spacial score (nSPS) is 16.4. The number of amides is 1. The van der Waals surface area contributed by atoms with Crippen molar-refractivity contribution in [3.05, 3.63) is 47.5 Å². The summed E-state index contributed by atoms with van der Waals surface area (Å²) in [5.74, 6) is -0.191. The van der Waals surface area contributed by atoms with Crippen LogP contribution in [-0.2, 0) is 28.4 Å². The Bertz CT molecular complexity index is 928. The second kappa shape index (κ2) is 7.82. The van der Waals surface area contributed by atoms with Crippen LogP contribution in [0.15, 0.2) is 35.6 Å². The van der Waals surface area contributed by atoms with Gasteiger partial charge in [0.05, 0.1) is 23.5 Å². The van der Waals surface area contributed by atoms with Gasteiger partial charge in [-0.05, 0) is 38.3 Å². The van der Waals surface area contributed by atoms with Crippen LogP contribution >= 0.6 is 0 Å².